The van der Waals surface area contributed by atoms with Crippen LogP contribution >= 0.6 is 11.9 Å². The van der Waals surface area contributed by atoms with Crippen LogP contribution in [0, 0.1) is 18.7 Å². The van der Waals surface area contributed by atoms with E-state index >= 15 is 0 Å². The Hall–Kier alpha value is -1.59. The summed E-state index contributed by atoms with van der Waals surface area (Å²) in [6.07, 6.45) is 4.42. The molecule has 0 saturated carbocycles. The second-order valence-electron chi connectivity index (χ2n) is 6.60. The Morgan fingerprint density at radius 1 is 1.18 bits per heavy atom. The Morgan fingerprint density at radius 2 is 1.93 bits per heavy atom. The summed E-state index contributed by atoms with van der Waals surface area (Å²) in [5, 5.41) is 0. The van der Waals surface area contributed by atoms with Gasteiger partial charge in [0, 0.05) is 22.9 Å². The molecule has 2 aromatic rings. The number of aryl methyl sites for hydroxylation is 1. The largest absolute Gasteiger partial charge is 0.477 e. The van der Waals surface area contributed by atoms with E-state index < -0.39 is 0 Å². The van der Waals surface area contributed by atoms with Gasteiger partial charge in [-0.15, -0.1) is 0 Å². The van der Waals surface area contributed by atoms with Gasteiger partial charge in [-0.05, 0) is 62.5 Å². The molecule has 0 aliphatic rings. The Bertz CT molecular complexity index is 666. The Labute approximate surface area is 174 Å². The molecule has 5 heteroatoms. The van der Waals surface area contributed by atoms with Crippen LogP contribution in [0.4, 0.5) is 4.39 Å². The molecule has 0 bridgehead atoms. The van der Waals surface area contributed by atoms with Gasteiger partial charge in [0.25, 0.3) is 0 Å². The maximum atomic E-state index is 13.0. The lowest BCUT2D eigenvalue weighted by atomic mass is 9.94. The molecule has 1 aromatic heterocycles. The van der Waals surface area contributed by atoms with E-state index in [2.05, 4.69) is 61.4 Å². The standard InChI is InChI=1S/C21H29FN2OS.C2H6/c1-5-8-17(15-25-21-12-11-18(22)14-23-21)20(6-2)24(4)26-19-10-7-9-16(3)13-19;1-2/h7,9-14,17,20H,5-6,8,15H2,1-4H3;1-2H3. The predicted octanol–water partition coefficient (Wildman–Crippen LogP) is 6.77. The van der Waals surface area contributed by atoms with Crippen LogP contribution in [0.15, 0.2) is 47.5 Å². The highest BCUT2D eigenvalue weighted by molar-refractivity contribution is 7.97. The third-order valence-corrected chi connectivity index (χ3v) is 5.50. The summed E-state index contributed by atoms with van der Waals surface area (Å²) in [5.74, 6) is 0.527. The zero-order valence-electron chi connectivity index (χ0n) is 18.1. The third kappa shape index (κ3) is 8.19. The minimum absolute atomic E-state index is 0.344. The summed E-state index contributed by atoms with van der Waals surface area (Å²) in [4.78, 5) is 5.25. The first-order valence-corrected chi connectivity index (χ1v) is 11.0. The molecule has 0 fully saturated rings. The fraction of sp³-hybridized carbons (Fsp3) is 0.522. The predicted molar refractivity (Wildman–Crippen MR) is 118 cm³/mol. The van der Waals surface area contributed by atoms with Crippen LogP contribution in [-0.4, -0.2) is 29.0 Å². The van der Waals surface area contributed by atoms with Gasteiger partial charge in [0.05, 0.1) is 12.8 Å². The van der Waals surface area contributed by atoms with Gasteiger partial charge in [-0.2, -0.15) is 0 Å². The first kappa shape index (κ1) is 24.4. The maximum absolute atomic E-state index is 13.0. The van der Waals surface area contributed by atoms with Gasteiger partial charge in [-0.3, -0.25) is 0 Å². The minimum atomic E-state index is -0.344. The first-order chi connectivity index (χ1) is 13.5. The van der Waals surface area contributed by atoms with E-state index in [1.54, 1.807) is 18.0 Å². The molecule has 1 aromatic carbocycles. The lowest BCUT2D eigenvalue weighted by molar-refractivity contribution is 0.164. The third-order valence-electron chi connectivity index (χ3n) is 4.47. The summed E-state index contributed by atoms with van der Waals surface area (Å²) >= 11 is 1.78. The number of hydrogen-bond acceptors (Lipinski definition) is 4. The molecular weight excluding hydrogens is 371 g/mol. The van der Waals surface area contributed by atoms with E-state index in [1.165, 1.54) is 22.7 Å². The number of nitrogens with zero attached hydrogens (tertiary/aromatic N) is 2. The summed E-state index contributed by atoms with van der Waals surface area (Å²) in [5.41, 5.74) is 1.27. The molecule has 1 heterocycles. The minimum Gasteiger partial charge on any atom is -0.477 e. The van der Waals surface area contributed by atoms with Crippen molar-refractivity contribution in [3.05, 3.63) is 54.0 Å². The zero-order valence-corrected chi connectivity index (χ0v) is 18.9. The highest BCUT2D eigenvalue weighted by Crippen LogP contribution is 2.30. The fourth-order valence-electron chi connectivity index (χ4n) is 3.19. The lowest BCUT2D eigenvalue weighted by Gasteiger charge is -2.33. The number of halogens is 1. The zero-order chi connectivity index (χ0) is 20.9. The molecule has 0 aliphatic heterocycles. The maximum Gasteiger partial charge on any atom is 0.213 e. The molecule has 0 N–H and O–H groups in total. The molecule has 156 valence electrons. The highest BCUT2D eigenvalue weighted by atomic mass is 32.2. The first-order valence-electron chi connectivity index (χ1n) is 10.2. The van der Waals surface area contributed by atoms with Gasteiger partial charge in [-0.25, -0.2) is 13.7 Å². The second-order valence-corrected chi connectivity index (χ2v) is 7.83. The molecule has 0 spiro atoms. The van der Waals surface area contributed by atoms with Gasteiger partial charge in [0.15, 0.2) is 0 Å². The Balaban J connectivity index is 0.00000190. The van der Waals surface area contributed by atoms with E-state index in [0.717, 1.165) is 19.3 Å². The van der Waals surface area contributed by atoms with Crippen LogP contribution in [0.1, 0.15) is 52.5 Å². The molecule has 0 saturated heterocycles. The van der Waals surface area contributed by atoms with Crippen LogP contribution in [0.5, 0.6) is 5.88 Å². The smallest absolute Gasteiger partial charge is 0.213 e. The van der Waals surface area contributed by atoms with E-state index in [-0.39, 0.29) is 5.82 Å². The van der Waals surface area contributed by atoms with Crippen molar-refractivity contribution in [1.29, 1.82) is 0 Å². The molecule has 0 radical (unpaired) electrons. The van der Waals surface area contributed by atoms with Crippen molar-refractivity contribution in [2.45, 2.75) is 64.8 Å². The van der Waals surface area contributed by atoms with E-state index in [1.807, 2.05) is 13.8 Å². The number of pyridine rings is 1. The SMILES string of the molecule is CC.CCCC(COc1ccc(F)cn1)C(CC)N(C)Sc1cccc(C)c1. The van der Waals surface area contributed by atoms with Crippen LogP contribution in [0.25, 0.3) is 0 Å². The molecule has 3 nitrogen and oxygen atoms in total. The van der Waals surface area contributed by atoms with Gasteiger partial charge in [-0.1, -0.05) is 46.2 Å². The number of aromatic nitrogens is 1. The number of rotatable bonds is 10. The van der Waals surface area contributed by atoms with E-state index in [0.29, 0.717) is 24.4 Å². The van der Waals surface area contributed by atoms with Crippen LogP contribution < -0.4 is 4.74 Å². The molecular formula is C23H35FN2OS. The van der Waals surface area contributed by atoms with Crippen molar-refractivity contribution in [2.24, 2.45) is 5.92 Å². The van der Waals surface area contributed by atoms with Crippen molar-refractivity contribution >= 4 is 11.9 Å². The molecule has 28 heavy (non-hydrogen) atoms. The molecule has 2 rings (SSSR count). The quantitative estimate of drug-likeness (QED) is 0.407. The van der Waals surface area contributed by atoms with Crippen molar-refractivity contribution in [1.82, 2.24) is 9.29 Å². The number of ether oxygens (including phenoxy) is 1. The highest BCUT2D eigenvalue weighted by Gasteiger charge is 2.25. The van der Waals surface area contributed by atoms with Crippen LogP contribution in [0.3, 0.4) is 0 Å². The Kier molecular flexibility index (Phi) is 11.8. The van der Waals surface area contributed by atoms with E-state index in [4.69, 9.17) is 4.74 Å². The van der Waals surface area contributed by atoms with Crippen molar-refractivity contribution in [2.75, 3.05) is 13.7 Å². The van der Waals surface area contributed by atoms with Crippen molar-refractivity contribution in [3.63, 3.8) is 0 Å². The molecule has 2 unspecified atom stereocenters. The monoisotopic (exact) mass is 406 g/mol. The normalized spacial score (nSPS) is 12.9. The van der Waals surface area contributed by atoms with Crippen molar-refractivity contribution in [3.8, 4) is 5.88 Å². The van der Waals surface area contributed by atoms with Gasteiger partial charge in [0.2, 0.25) is 5.88 Å². The summed E-state index contributed by atoms with van der Waals surface area (Å²) in [7, 11) is 2.15. The van der Waals surface area contributed by atoms with Crippen molar-refractivity contribution < 1.29 is 9.13 Å². The topological polar surface area (TPSA) is 25.4 Å². The summed E-state index contributed by atoms with van der Waals surface area (Å²) in [6.45, 7) is 11.1. The van der Waals surface area contributed by atoms with Crippen LogP contribution in [0.2, 0.25) is 0 Å². The summed E-state index contributed by atoms with van der Waals surface area (Å²) in [6, 6.07) is 11.9. The fourth-order valence-corrected chi connectivity index (χ4v) is 4.36. The average Bonchev–Trinajstić information content (AvgIpc) is 2.69. The van der Waals surface area contributed by atoms with Crippen LogP contribution in [-0.2, 0) is 0 Å². The van der Waals surface area contributed by atoms with Gasteiger partial charge < -0.3 is 4.74 Å². The summed E-state index contributed by atoms with van der Waals surface area (Å²) < 4.78 is 21.2. The number of hydrogen-bond donors (Lipinski definition) is 0. The van der Waals surface area contributed by atoms with E-state index in [9.17, 15) is 4.39 Å². The Morgan fingerprint density at radius 3 is 2.50 bits per heavy atom. The molecule has 0 amide bonds. The molecule has 2 atom stereocenters. The van der Waals surface area contributed by atoms with Gasteiger partial charge in [0.1, 0.15) is 5.82 Å². The molecule has 0 aliphatic carbocycles. The van der Waals surface area contributed by atoms with Gasteiger partial charge >= 0.3 is 0 Å². The second kappa shape index (κ2) is 13.6. The lowest BCUT2D eigenvalue weighted by Crippen LogP contribution is -2.36. The average molecular weight is 407 g/mol. The number of benzene rings is 1.